The average molecular weight is 590 g/mol. The number of ether oxygens (including phenoxy) is 1. The molecule has 5 amide bonds. The molecule has 1 spiro atoms. The molecule has 2 saturated heterocycles. The van der Waals surface area contributed by atoms with Gasteiger partial charge in [0.2, 0.25) is 0 Å². The van der Waals surface area contributed by atoms with E-state index in [4.69, 9.17) is 4.74 Å². The van der Waals surface area contributed by atoms with Crippen LogP contribution in [0.3, 0.4) is 0 Å². The van der Waals surface area contributed by atoms with Crippen LogP contribution in [0.15, 0.2) is 48.5 Å². The third kappa shape index (κ3) is 7.31. The van der Waals surface area contributed by atoms with E-state index in [0.717, 1.165) is 18.9 Å². The van der Waals surface area contributed by atoms with Crippen molar-refractivity contribution < 1.29 is 37.1 Å². The number of alkyl halides is 2. The zero-order chi connectivity index (χ0) is 30.7. The van der Waals surface area contributed by atoms with E-state index in [0.29, 0.717) is 31.9 Å². The molecule has 2 aromatic carbocycles. The Balaban J connectivity index is 1.40. The van der Waals surface area contributed by atoms with Crippen molar-refractivity contribution in [2.75, 3.05) is 31.1 Å². The quantitative estimate of drug-likeness (QED) is 0.505. The van der Waals surface area contributed by atoms with Gasteiger partial charge in [-0.2, -0.15) is 8.78 Å². The number of amides is 5. The van der Waals surface area contributed by atoms with Gasteiger partial charge in [-0.3, -0.25) is 25.3 Å². The van der Waals surface area contributed by atoms with Crippen molar-refractivity contribution in [1.29, 1.82) is 0 Å². The molecule has 0 bridgehead atoms. The Hall–Kier alpha value is -4.29. The Bertz CT molecular complexity index is 1320. The highest BCUT2D eigenvalue weighted by Gasteiger charge is 2.48. The molecule has 2 aromatic rings. The lowest BCUT2D eigenvalue weighted by Crippen LogP contribution is -2.64. The van der Waals surface area contributed by atoms with Crippen LogP contribution in [0.1, 0.15) is 49.5 Å². The predicted molar refractivity (Wildman–Crippen MR) is 147 cm³/mol. The van der Waals surface area contributed by atoms with E-state index in [-0.39, 0.29) is 35.2 Å². The highest BCUT2D eigenvalue weighted by atomic mass is 19.3. The number of carbonyl (C=O) groups excluding carboxylic acids is 4. The van der Waals surface area contributed by atoms with Crippen LogP contribution in [-0.4, -0.2) is 71.9 Å². The molecule has 2 N–H and O–H groups in total. The molecule has 0 saturated carbocycles. The molecule has 13 heteroatoms. The summed E-state index contributed by atoms with van der Waals surface area (Å²) in [5.41, 5.74) is 3.16. The molecule has 42 heavy (non-hydrogen) atoms. The van der Waals surface area contributed by atoms with Crippen molar-refractivity contribution in [3.63, 3.8) is 0 Å². The third-order valence-corrected chi connectivity index (χ3v) is 7.24. The number of likely N-dealkylation sites (tertiary alicyclic amines) is 2. The number of hydrogen-bond acceptors (Lipinski definition) is 5. The Morgan fingerprint density at radius 1 is 0.976 bits per heavy atom. The predicted octanol–water partition coefficient (Wildman–Crippen LogP) is 4.31. The van der Waals surface area contributed by atoms with Crippen LogP contribution in [0.4, 0.5) is 28.4 Å². The number of benzene rings is 2. The molecule has 2 fully saturated rings. The normalized spacial score (nSPS) is 16.1. The first-order chi connectivity index (χ1) is 19.8. The van der Waals surface area contributed by atoms with Crippen LogP contribution < -0.4 is 15.8 Å². The van der Waals surface area contributed by atoms with Crippen LogP contribution in [-0.2, 0) is 16.1 Å². The van der Waals surface area contributed by atoms with Gasteiger partial charge in [0.15, 0.2) is 0 Å². The summed E-state index contributed by atoms with van der Waals surface area (Å²) in [6, 6.07) is 12.0. The summed E-state index contributed by atoms with van der Waals surface area (Å²) in [5.74, 6) is -3.46. The minimum atomic E-state index is -3.32. The molecule has 0 atom stereocenters. The van der Waals surface area contributed by atoms with E-state index in [1.807, 2.05) is 20.8 Å². The number of nitrogens with zero attached hydrogens (tertiary/aromatic N) is 3. The summed E-state index contributed by atoms with van der Waals surface area (Å²) in [4.78, 5) is 54.0. The lowest BCUT2D eigenvalue weighted by Gasteiger charge is -2.54. The van der Waals surface area contributed by atoms with E-state index in [9.17, 15) is 28.0 Å². The second kappa shape index (κ2) is 12.3. The highest BCUT2D eigenvalue weighted by molar-refractivity contribution is 5.96. The maximum atomic E-state index is 15.1. The van der Waals surface area contributed by atoms with E-state index < -0.39 is 29.7 Å². The first-order valence-electron chi connectivity index (χ1n) is 13.5. The zero-order valence-electron chi connectivity index (χ0n) is 23.7. The number of halogens is 3. The molecule has 0 unspecified atom stereocenters. The van der Waals surface area contributed by atoms with Crippen LogP contribution in [0.25, 0.3) is 0 Å². The van der Waals surface area contributed by atoms with Gasteiger partial charge in [-0.1, -0.05) is 24.3 Å². The first kappa shape index (κ1) is 30.7. The molecule has 2 aliphatic rings. The number of anilines is 1. The number of nitrogens with one attached hydrogen (secondary N) is 2. The van der Waals surface area contributed by atoms with Gasteiger partial charge < -0.3 is 14.5 Å². The Labute approximate surface area is 241 Å². The number of hydrogen-bond donors (Lipinski definition) is 2. The standard InChI is InChI=1S/C29H34F3N5O5/c1-28(2,3)42-27(41)35-13-11-29(12-14-35)17-36(18-29)26(40)37(21-7-5-4-6-8-21)16-20-10-9-19(15-22(20)30)24(38)33-34-25(39)23(31)32/h4-10,15,23H,11-14,16-18H2,1-3H3,(H,33,38)(H,34,39). The number of hydrazine groups is 1. The van der Waals surface area contributed by atoms with Crippen LogP contribution in [0, 0.1) is 11.2 Å². The minimum absolute atomic E-state index is 0.101. The van der Waals surface area contributed by atoms with Crippen molar-refractivity contribution in [2.24, 2.45) is 5.41 Å². The monoisotopic (exact) mass is 589 g/mol. The molecule has 2 aliphatic heterocycles. The van der Waals surface area contributed by atoms with Crippen LogP contribution in [0.2, 0.25) is 0 Å². The molecule has 0 radical (unpaired) electrons. The fraction of sp³-hybridized carbons (Fsp3) is 0.448. The van der Waals surface area contributed by atoms with Gasteiger partial charge >= 0.3 is 24.5 Å². The van der Waals surface area contributed by atoms with Gasteiger partial charge in [-0.25, -0.2) is 14.0 Å². The van der Waals surface area contributed by atoms with E-state index >= 15 is 4.39 Å². The van der Waals surface area contributed by atoms with Gasteiger partial charge in [0.25, 0.3) is 5.91 Å². The summed E-state index contributed by atoms with van der Waals surface area (Å²) in [6.07, 6.45) is -2.20. The molecule has 10 nitrogen and oxygen atoms in total. The summed E-state index contributed by atoms with van der Waals surface area (Å²) in [6.45, 7) is 7.42. The Kier molecular flexibility index (Phi) is 8.97. The summed E-state index contributed by atoms with van der Waals surface area (Å²) >= 11 is 0. The molecule has 0 aromatic heterocycles. The summed E-state index contributed by atoms with van der Waals surface area (Å²) in [5, 5.41) is 0. The van der Waals surface area contributed by atoms with E-state index in [2.05, 4.69) is 0 Å². The molecular weight excluding hydrogens is 555 g/mol. The van der Waals surface area contributed by atoms with Crippen molar-refractivity contribution in [3.05, 3.63) is 65.5 Å². The number of piperidine rings is 1. The van der Waals surface area contributed by atoms with Crippen molar-refractivity contribution in [3.8, 4) is 0 Å². The topological polar surface area (TPSA) is 111 Å². The van der Waals surface area contributed by atoms with Crippen molar-refractivity contribution >= 4 is 29.6 Å². The molecule has 4 rings (SSSR count). The number of urea groups is 1. The minimum Gasteiger partial charge on any atom is -0.444 e. The van der Waals surface area contributed by atoms with Crippen LogP contribution >= 0.6 is 0 Å². The second-order valence-corrected chi connectivity index (χ2v) is 11.6. The second-order valence-electron chi connectivity index (χ2n) is 11.6. The number of carbonyl (C=O) groups is 4. The lowest BCUT2D eigenvalue weighted by molar-refractivity contribution is -0.132. The van der Waals surface area contributed by atoms with E-state index in [1.165, 1.54) is 17.0 Å². The molecule has 0 aliphatic carbocycles. The molecule has 226 valence electrons. The third-order valence-electron chi connectivity index (χ3n) is 7.24. The Morgan fingerprint density at radius 3 is 2.19 bits per heavy atom. The van der Waals surface area contributed by atoms with Gasteiger partial charge in [0.1, 0.15) is 11.4 Å². The molecular formula is C29H34F3N5O5. The lowest BCUT2D eigenvalue weighted by atomic mass is 9.72. The smallest absolute Gasteiger partial charge is 0.410 e. The highest BCUT2D eigenvalue weighted by Crippen LogP contribution is 2.41. The van der Waals surface area contributed by atoms with Crippen LogP contribution in [0.5, 0.6) is 0 Å². The first-order valence-corrected chi connectivity index (χ1v) is 13.5. The summed E-state index contributed by atoms with van der Waals surface area (Å²) in [7, 11) is 0. The zero-order valence-corrected chi connectivity index (χ0v) is 23.7. The fourth-order valence-electron chi connectivity index (χ4n) is 4.99. The molecule has 2 heterocycles. The van der Waals surface area contributed by atoms with Gasteiger partial charge in [0.05, 0.1) is 6.54 Å². The van der Waals surface area contributed by atoms with Gasteiger partial charge in [-0.05, 0) is 57.9 Å². The number of rotatable bonds is 5. The van der Waals surface area contributed by atoms with Gasteiger partial charge in [0, 0.05) is 48.4 Å². The SMILES string of the molecule is CC(C)(C)OC(=O)N1CCC2(CC1)CN(C(=O)N(Cc1ccc(C(=O)NNC(=O)C(F)F)cc1F)c1ccccc1)C2. The fourth-order valence-corrected chi connectivity index (χ4v) is 4.99. The Morgan fingerprint density at radius 2 is 1.62 bits per heavy atom. The average Bonchev–Trinajstić information content (AvgIpc) is 2.93. The van der Waals surface area contributed by atoms with E-state index in [1.54, 1.807) is 51.0 Å². The maximum absolute atomic E-state index is 15.1. The summed E-state index contributed by atoms with van der Waals surface area (Å²) < 4.78 is 45.2. The number of para-hydroxylation sites is 1. The van der Waals surface area contributed by atoms with Crippen molar-refractivity contribution in [2.45, 2.75) is 52.2 Å². The maximum Gasteiger partial charge on any atom is 0.410 e. The van der Waals surface area contributed by atoms with Gasteiger partial charge in [-0.15, -0.1) is 0 Å². The largest absolute Gasteiger partial charge is 0.444 e. The van der Waals surface area contributed by atoms with Crippen molar-refractivity contribution in [1.82, 2.24) is 20.7 Å².